The van der Waals surface area contributed by atoms with Crippen LogP contribution >= 0.6 is 0 Å². The van der Waals surface area contributed by atoms with E-state index in [1.165, 1.54) is 12.1 Å². The highest BCUT2D eigenvalue weighted by molar-refractivity contribution is 6.09. The number of aryl methyl sites for hydroxylation is 1. The maximum absolute atomic E-state index is 12.9. The van der Waals surface area contributed by atoms with Gasteiger partial charge in [0.15, 0.2) is 0 Å². The molecule has 0 saturated carbocycles. The molecule has 2 N–H and O–H groups in total. The Morgan fingerprint density at radius 1 is 1.07 bits per heavy atom. The normalized spacial score (nSPS) is 18.7. The van der Waals surface area contributed by atoms with Gasteiger partial charge in [0.1, 0.15) is 17.9 Å². The van der Waals surface area contributed by atoms with Crippen molar-refractivity contribution in [3.63, 3.8) is 0 Å². The van der Waals surface area contributed by atoms with E-state index in [2.05, 4.69) is 17.6 Å². The Kier molecular flexibility index (Phi) is 5.96. The van der Waals surface area contributed by atoms with Crippen LogP contribution in [0.25, 0.3) is 0 Å². The van der Waals surface area contributed by atoms with E-state index in [0.717, 1.165) is 23.3 Å². The maximum Gasteiger partial charge on any atom is 0.325 e. The molecule has 0 radical (unpaired) electrons. The third-order valence-electron chi connectivity index (χ3n) is 5.05. The predicted molar refractivity (Wildman–Crippen MR) is 106 cm³/mol. The fraction of sp³-hybridized carbons (Fsp3) is 0.318. The summed E-state index contributed by atoms with van der Waals surface area (Å²) in [5, 5.41) is 5.34. The first-order chi connectivity index (χ1) is 13.8. The lowest BCUT2D eigenvalue weighted by Gasteiger charge is -2.22. The highest BCUT2D eigenvalue weighted by Gasteiger charge is 2.49. The zero-order valence-electron chi connectivity index (χ0n) is 16.5. The van der Waals surface area contributed by atoms with E-state index >= 15 is 0 Å². The number of benzene rings is 2. The molecule has 3 rings (SSSR count). The van der Waals surface area contributed by atoms with Gasteiger partial charge >= 0.3 is 6.03 Å². The smallest absolute Gasteiger partial charge is 0.325 e. The van der Waals surface area contributed by atoms with Crippen LogP contribution in [0.15, 0.2) is 48.5 Å². The van der Waals surface area contributed by atoms with Gasteiger partial charge in [0.05, 0.1) is 0 Å². The van der Waals surface area contributed by atoms with Crippen molar-refractivity contribution in [2.45, 2.75) is 38.8 Å². The Labute approximate surface area is 169 Å². The molecule has 1 fully saturated rings. The Balaban J connectivity index is 1.64. The fourth-order valence-electron chi connectivity index (χ4n) is 3.33. The number of hydrogen-bond acceptors (Lipinski definition) is 3. The first kappa shape index (κ1) is 20.5. The van der Waals surface area contributed by atoms with Crippen LogP contribution in [0.3, 0.4) is 0 Å². The zero-order valence-corrected chi connectivity index (χ0v) is 16.5. The molecule has 1 atom stereocenters. The van der Waals surface area contributed by atoms with Crippen LogP contribution in [0.4, 0.5) is 9.18 Å². The van der Waals surface area contributed by atoms with Crippen molar-refractivity contribution in [1.29, 1.82) is 0 Å². The lowest BCUT2D eigenvalue weighted by molar-refractivity contribution is -0.134. The van der Waals surface area contributed by atoms with Crippen LogP contribution in [0.1, 0.15) is 37.0 Å². The van der Waals surface area contributed by atoms with Gasteiger partial charge in [-0.3, -0.25) is 14.5 Å². The summed E-state index contributed by atoms with van der Waals surface area (Å²) >= 11 is 0. The molecule has 0 bridgehead atoms. The number of nitrogens with one attached hydrogen (secondary N) is 2. The number of nitrogens with zero attached hydrogens (tertiary/aromatic N) is 1. The zero-order chi connectivity index (χ0) is 21.0. The average molecular weight is 397 g/mol. The van der Waals surface area contributed by atoms with Gasteiger partial charge in [-0.1, -0.05) is 49.7 Å². The molecule has 2 aromatic rings. The van der Waals surface area contributed by atoms with E-state index in [1.54, 1.807) is 19.1 Å². The first-order valence-corrected chi connectivity index (χ1v) is 9.58. The molecule has 2 aromatic carbocycles. The highest BCUT2D eigenvalue weighted by Crippen LogP contribution is 2.29. The van der Waals surface area contributed by atoms with Crippen LogP contribution < -0.4 is 10.6 Å². The van der Waals surface area contributed by atoms with Gasteiger partial charge < -0.3 is 10.6 Å². The number of urea groups is 1. The van der Waals surface area contributed by atoms with Crippen molar-refractivity contribution >= 4 is 17.8 Å². The fourth-order valence-corrected chi connectivity index (χ4v) is 3.33. The van der Waals surface area contributed by atoms with Crippen molar-refractivity contribution in [3.05, 3.63) is 71.0 Å². The molecule has 1 aliphatic rings. The standard InChI is InChI=1S/C22H24FN3O3/c1-3-4-15-5-9-17(10-6-15)22(2)20(28)26(21(29)25-22)14-19(27)24-13-16-7-11-18(23)12-8-16/h5-12H,3-4,13-14H2,1-2H3,(H,24,27)(H,25,29)/t22-/m0/s1. The molecule has 7 heteroatoms. The van der Waals surface area contributed by atoms with E-state index in [9.17, 15) is 18.8 Å². The van der Waals surface area contributed by atoms with Gasteiger partial charge in [-0.05, 0) is 42.2 Å². The van der Waals surface area contributed by atoms with Crippen LogP contribution in [0, 0.1) is 5.82 Å². The number of carbonyl (C=O) groups is 3. The highest BCUT2D eigenvalue weighted by atomic mass is 19.1. The molecule has 0 unspecified atom stereocenters. The second-order valence-electron chi connectivity index (χ2n) is 7.30. The topological polar surface area (TPSA) is 78.5 Å². The molecule has 4 amide bonds. The minimum atomic E-state index is -1.21. The second kappa shape index (κ2) is 8.43. The number of halogens is 1. The van der Waals surface area contributed by atoms with Crippen molar-refractivity contribution in [1.82, 2.24) is 15.5 Å². The Morgan fingerprint density at radius 2 is 1.69 bits per heavy atom. The number of hydrogen-bond donors (Lipinski definition) is 2. The molecule has 1 aliphatic heterocycles. The minimum absolute atomic E-state index is 0.179. The summed E-state index contributed by atoms with van der Waals surface area (Å²) in [4.78, 5) is 38.4. The lowest BCUT2D eigenvalue weighted by atomic mass is 9.91. The SMILES string of the molecule is CCCc1ccc([C@]2(C)NC(=O)N(CC(=O)NCc3ccc(F)cc3)C2=O)cc1. The summed E-state index contributed by atoms with van der Waals surface area (Å²) in [6.07, 6.45) is 1.96. The molecule has 0 aliphatic carbocycles. The number of imide groups is 1. The number of carbonyl (C=O) groups excluding carboxylic acids is 3. The molecule has 152 valence electrons. The molecular formula is C22H24FN3O3. The minimum Gasteiger partial charge on any atom is -0.350 e. The van der Waals surface area contributed by atoms with Crippen molar-refractivity contribution in [2.24, 2.45) is 0 Å². The molecule has 6 nitrogen and oxygen atoms in total. The van der Waals surface area contributed by atoms with Gasteiger partial charge in [0.25, 0.3) is 5.91 Å². The van der Waals surface area contributed by atoms with E-state index in [1.807, 2.05) is 24.3 Å². The van der Waals surface area contributed by atoms with Crippen molar-refractivity contribution < 1.29 is 18.8 Å². The van der Waals surface area contributed by atoms with Crippen LogP contribution in [-0.4, -0.2) is 29.3 Å². The summed E-state index contributed by atoms with van der Waals surface area (Å²) < 4.78 is 12.9. The van der Waals surface area contributed by atoms with Crippen LogP contribution in [0.2, 0.25) is 0 Å². The molecule has 29 heavy (non-hydrogen) atoms. The third-order valence-corrected chi connectivity index (χ3v) is 5.05. The summed E-state index contributed by atoms with van der Waals surface area (Å²) in [5.74, 6) is -1.30. The predicted octanol–water partition coefficient (Wildman–Crippen LogP) is 2.86. The quantitative estimate of drug-likeness (QED) is 0.705. The lowest BCUT2D eigenvalue weighted by Crippen LogP contribution is -2.43. The molecule has 0 spiro atoms. The van der Waals surface area contributed by atoms with Crippen LogP contribution in [0.5, 0.6) is 0 Å². The van der Waals surface area contributed by atoms with E-state index < -0.39 is 23.4 Å². The Morgan fingerprint density at radius 3 is 2.31 bits per heavy atom. The number of rotatable bonds is 7. The Bertz CT molecular complexity index is 912. The summed E-state index contributed by atoms with van der Waals surface area (Å²) in [6.45, 7) is 3.53. The monoisotopic (exact) mass is 397 g/mol. The third kappa shape index (κ3) is 4.45. The molecular weight excluding hydrogens is 373 g/mol. The maximum atomic E-state index is 12.9. The van der Waals surface area contributed by atoms with E-state index in [4.69, 9.17) is 0 Å². The van der Waals surface area contributed by atoms with E-state index in [-0.39, 0.29) is 18.9 Å². The largest absolute Gasteiger partial charge is 0.350 e. The van der Waals surface area contributed by atoms with Crippen LogP contribution in [-0.2, 0) is 28.1 Å². The first-order valence-electron chi connectivity index (χ1n) is 9.58. The summed E-state index contributed by atoms with van der Waals surface area (Å²) in [6, 6.07) is 12.7. The second-order valence-corrected chi connectivity index (χ2v) is 7.30. The van der Waals surface area contributed by atoms with Gasteiger partial charge in [-0.25, -0.2) is 9.18 Å². The van der Waals surface area contributed by atoms with Gasteiger partial charge in [0.2, 0.25) is 5.91 Å². The number of amides is 4. The van der Waals surface area contributed by atoms with Gasteiger partial charge in [-0.2, -0.15) is 0 Å². The summed E-state index contributed by atoms with van der Waals surface area (Å²) in [5.41, 5.74) is 1.34. The van der Waals surface area contributed by atoms with Crippen molar-refractivity contribution in [3.8, 4) is 0 Å². The Hall–Kier alpha value is -3.22. The summed E-state index contributed by atoms with van der Waals surface area (Å²) in [7, 11) is 0. The van der Waals surface area contributed by atoms with Gasteiger partial charge in [-0.15, -0.1) is 0 Å². The van der Waals surface area contributed by atoms with Gasteiger partial charge in [0, 0.05) is 6.54 Å². The average Bonchev–Trinajstić information content (AvgIpc) is 2.92. The van der Waals surface area contributed by atoms with Crippen molar-refractivity contribution in [2.75, 3.05) is 6.54 Å². The molecule has 1 heterocycles. The molecule has 1 saturated heterocycles. The molecule has 0 aromatic heterocycles. The van der Waals surface area contributed by atoms with E-state index in [0.29, 0.717) is 11.1 Å².